The standard InChI is InChI=1S/C22H23N3O4S2/c26-21-15(7-14-8-19-20(29-13-28-19)9-18(14)24-21)11-25(12-17-4-2-6-31-17)22(30)23-10-16-3-1-5-27-16/h2,4,6-9,16H,1,3,5,10-13H2,(H,23,30)(H,24,26). The van der Waals surface area contributed by atoms with Gasteiger partial charge in [-0.1, -0.05) is 6.07 Å². The molecule has 2 aliphatic rings. The molecule has 0 radical (unpaired) electrons. The molecule has 1 unspecified atom stereocenters. The maximum Gasteiger partial charge on any atom is 0.253 e. The van der Waals surface area contributed by atoms with E-state index in [1.54, 1.807) is 17.4 Å². The summed E-state index contributed by atoms with van der Waals surface area (Å²) in [4.78, 5) is 19.0. The first-order chi connectivity index (χ1) is 15.2. The average molecular weight is 458 g/mol. The molecule has 0 saturated carbocycles. The number of nitrogens with one attached hydrogen (secondary N) is 2. The molecule has 3 aromatic rings. The van der Waals surface area contributed by atoms with Crippen LogP contribution >= 0.6 is 23.6 Å². The van der Waals surface area contributed by atoms with Crippen molar-refractivity contribution in [3.8, 4) is 11.5 Å². The number of nitrogens with zero attached hydrogens (tertiary/aromatic N) is 1. The smallest absolute Gasteiger partial charge is 0.253 e. The van der Waals surface area contributed by atoms with Crippen molar-refractivity contribution < 1.29 is 14.2 Å². The molecule has 5 rings (SSSR count). The van der Waals surface area contributed by atoms with Gasteiger partial charge in [-0.3, -0.25) is 4.79 Å². The Kier molecular flexibility index (Phi) is 5.80. The van der Waals surface area contributed by atoms with Gasteiger partial charge in [0.1, 0.15) is 0 Å². The Bertz CT molecular complexity index is 1140. The molecule has 162 valence electrons. The van der Waals surface area contributed by atoms with Crippen LogP contribution in [0, 0.1) is 0 Å². The summed E-state index contributed by atoms with van der Waals surface area (Å²) in [5, 5.41) is 6.90. The molecule has 0 spiro atoms. The van der Waals surface area contributed by atoms with Crippen molar-refractivity contribution in [1.29, 1.82) is 0 Å². The van der Waals surface area contributed by atoms with E-state index < -0.39 is 0 Å². The third kappa shape index (κ3) is 4.53. The van der Waals surface area contributed by atoms with Gasteiger partial charge in [0.05, 0.1) is 24.7 Å². The Morgan fingerprint density at radius 2 is 2.13 bits per heavy atom. The fourth-order valence-corrected chi connectivity index (χ4v) is 4.80. The number of hydrogen-bond acceptors (Lipinski definition) is 6. The van der Waals surface area contributed by atoms with Crippen LogP contribution < -0.4 is 20.3 Å². The zero-order valence-corrected chi connectivity index (χ0v) is 18.5. The largest absolute Gasteiger partial charge is 0.454 e. The first-order valence-electron chi connectivity index (χ1n) is 10.3. The third-order valence-electron chi connectivity index (χ3n) is 5.49. The van der Waals surface area contributed by atoms with Gasteiger partial charge in [-0.15, -0.1) is 11.3 Å². The predicted octanol–water partition coefficient (Wildman–Crippen LogP) is 3.37. The molecule has 1 aromatic carbocycles. The van der Waals surface area contributed by atoms with Gasteiger partial charge in [0, 0.05) is 35.0 Å². The van der Waals surface area contributed by atoms with Crippen LogP contribution in [-0.4, -0.2) is 41.0 Å². The Labute approximate surface area is 188 Å². The van der Waals surface area contributed by atoms with Crippen LogP contribution in [0.1, 0.15) is 23.3 Å². The normalized spacial score (nSPS) is 17.2. The van der Waals surface area contributed by atoms with Crippen LogP contribution in [-0.2, 0) is 17.8 Å². The fourth-order valence-electron chi connectivity index (χ4n) is 3.87. The van der Waals surface area contributed by atoms with E-state index in [0.29, 0.717) is 41.8 Å². The average Bonchev–Trinajstić information content (AvgIpc) is 3.53. The van der Waals surface area contributed by atoms with Crippen LogP contribution in [0.3, 0.4) is 0 Å². The van der Waals surface area contributed by atoms with Crippen LogP contribution in [0.4, 0.5) is 0 Å². The summed E-state index contributed by atoms with van der Waals surface area (Å²) in [5.41, 5.74) is 1.23. The quantitative estimate of drug-likeness (QED) is 0.550. The van der Waals surface area contributed by atoms with E-state index in [4.69, 9.17) is 26.4 Å². The number of hydrogen-bond donors (Lipinski definition) is 2. The van der Waals surface area contributed by atoms with E-state index in [0.717, 1.165) is 30.4 Å². The lowest BCUT2D eigenvalue weighted by atomic mass is 10.1. The minimum atomic E-state index is -0.135. The third-order valence-corrected chi connectivity index (χ3v) is 6.76. The Hall–Kier alpha value is -2.62. The number of ether oxygens (including phenoxy) is 3. The van der Waals surface area contributed by atoms with E-state index in [-0.39, 0.29) is 18.5 Å². The molecule has 0 amide bonds. The molecule has 2 aliphatic heterocycles. The molecule has 1 fully saturated rings. The van der Waals surface area contributed by atoms with E-state index >= 15 is 0 Å². The van der Waals surface area contributed by atoms with Gasteiger partial charge < -0.3 is 29.4 Å². The fraction of sp³-hybridized carbons (Fsp3) is 0.364. The summed E-state index contributed by atoms with van der Waals surface area (Å²) >= 11 is 7.37. The minimum Gasteiger partial charge on any atom is -0.454 e. The maximum atomic E-state index is 12.8. The second-order valence-electron chi connectivity index (χ2n) is 7.67. The molecule has 31 heavy (non-hydrogen) atoms. The van der Waals surface area contributed by atoms with E-state index in [1.807, 2.05) is 28.5 Å². The van der Waals surface area contributed by atoms with E-state index in [1.165, 1.54) is 4.88 Å². The number of pyridine rings is 1. The number of benzene rings is 1. The van der Waals surface area contributed by atoms with Crippen LogP contribution in [0.5, 0.6) is 11.5 Å². The zero-order valence-electron chi connectivity index (χ0n) is 16.9. The SMILES string of the molecule is O=c1[nH]c2cc3c(cc2cc1CN(Cc1cccs1)C(=S)NCC1CCCO1)OCO3. The number of thiophene rings is 1. The lowest BCUT2D eigenvalue weighted by Crippen LogP contribution is -2.42. The van der Waals surface area contributed by atoms with Gasteiger partial charge >= 0.3 is 0 Å². The van der Waals surface area contributed by atoms with Crippen molar-refractivity contribution in [3.05, 3.63) is 56.5 Å². The molecule has 0 aliphatic carbocycles. The molecule has 2 aromatic heterocycles. The topological polar surface area (TPSA) is 75.8 Å². The molecule has 1 atom stereocenters. The number of H-pyrrole nitrogens is 1. The number of fused-ring (bicyclic) bond motifs is 2. The van der Waals surface area contributed by atoms with Crippen LogP contribution in [0.25, 0.3) is 10.9 Å². The van der Waals surface area contributed by atoms with Crippen molar-refractivity contribution in [3.63, 3.8) is 0 Å². The van der Waals surface area contributed by atoms with Crippen molar-refractivity contribution in [2.24, 2.45) is 0 Å². The summed E-state index contributed by atoms with van der Waals surface area (Å²) in [5.74, 6) is 1.34. The van der Waals surface area contributed by atoms with Crippen molar-refractivity contribution in [1.82, 2.24) is 15.2 Å². The summed E-state index contributed by atoms with van der Waals surface area (Å²) in [6.45, 7) is 2.71. The second kappa shape index (κ2) is 8.86. The van der Waals surface area contributed by atoms with Gasteiger partial charge in [0.2, 0.25) is 6.79 Å². The first-order valence-corrected chi connectivity index (χ1v) is 11.6. The summed E-state index contributed by atoms with van der Waals surface area (Å²) < 4.78 is 16.6. The van der Waals surface area contributed by atoms with Gasteiger partial charge in [0.15, 0.2) is 16.6 Å². The summed E-state index contributed by atoms with van der Waals surface area (Å²) in [6.07, 6.45) is 2.32. The monoisotopic (exact) mass is 457 g/mol. The molecule has 2 N–H and O–H groups in total. The van der Waals surface area contributed by atoms with Gasteiger partial charge in [-0.05, 0) is 48.6 Å². The van der Waals surface area contributed by atoms with E-state index in [9.17, 15) is 4.79 Å². The molecule has 1 saturated heterocycles. The highest BCUT2D eigenvalue weighted by molar-refractivity contribution is 7.80. The number of thiocarbonyl (C=S) groups is 1. The number of aromatic amines is 1. The number of rotatable bonds is 6. The first kappa shape index (κ1) is 20.3. The van der Waals surface area contributed by atoms with E-state index in [2.05, 4.69) is 16.4 Å². The lowest BCUT2D eigenvalue weighted by Gasteiger charge is -2.26. The van der Waals surface area contributed by atoms with Gasteiger partial charge in [-0.2, -0.15) is 0 Å². The molecular formula is C22H23N3O4S2. The van der Waals surface area contributed by atoms with Crippen LogP contribution in [0.15, 0.2) is 40.5 Å². The second-order valence-corrected chi connectivity index (χ2v) is 9.09. The maximum absolute atomic E-state index is 12.8. The Morgan fingerprint density at radius 3 is 2.90 bits per heavy atom. The molecule has 0 bridgehead atoms. The molecule has 4 heterocycles. The summed E-state index contributed by atoms with van der Waals surface area (Å²) in [7, 11) is 0. The highest BCUT2D eigenvalue weighted by Gasteiger charge is 2.20. The van der Waals surface area contributed by atoms with Gasteiger partial charge in [0.25, 0.3) is 5.56 Å². The van der Waals surface area contributed by atoms with Crippen molar-refractivity contribution in [2.45, 2.75) is 32.0 Å². The number of aromatic nitrogens is 1. The molecule has 9 heteroatoms. The Balaban J connectivity index is 1.38. The highest BCUT2D eigenvalue weighted by atomic mass is 32.1. The lowest BCUT2D eigenvalue weighted by molar-refractivity contribution is 0.113. The van der Waals surface area contributed by atoms with Crippen LogP contribution in [0.2, 0.25) is 0 Å². The summed E-state index contributed by atoms with van der Waals surface area (Å²) in [6, 6.07) is 9.70. The molecule has 7 nitrogen and oxygen atoms in total. The Morgan fingerprint density at radius 1 is 1.26 bits per heavy atom. The van der Waals surface area contributed by atoms with Crippen molar-refractivity contribution >= 4 is 39.6 Å². The highest BCUT2D eigenvalue weighted by Crippen LogP contribution is 2.35. The van der Waals surface area contributed by atoms with Crippen molar-refractivity contribution in [2.75, 3.05) is 19.9 Å². The zero-order chi connectivity index (χ0) is 21.2. The molecular weight excluding hydrogens is 434 g/mol. The van der Waals surface area contributed by atoms with Gasteiger partial charge in [-0.25, -0.2) is 0 Å². The predicted molar refractivity (Wildman–Crippen MR) is 124 cm³/mol. The minimum absolute atomic E-state index is 0.135.